The van der Waals surface area contributed by atoms with E-state index >= 15 is 0 Å². The third kappa shape index (κ3) is 6.98. The molecule has 0 spiro atoms. The first kappa shape index (κ1) is 14.9. The predicted molar refractivity (Wildman–Crippen MR) is 77.6 cm³/mol. The zero-order chi connectivity index (χ0) is 12.3. The molecule has 0 saturated heterocycles. The highest BCUT2D eigenvalue weighted by atomic mass is 127. The summed E-state index contributed by atoms with van der Waals surface area (Å²) in [6, 6.07) is 0. The minimum Gasteiger partial charge on any atom is -0.381 e. The summed E-state index contributed by atoms with van der Waals surface area (Å²) in [7, 11) is 0. The number of hydrogen-bond donors (Lipinski definition) is 0. The largest absolute Gasteiger partial charge is 0.381 e. The van der Waals surface area contributed by atoms with E-state index in [0.717, 1.165) is 49.1 Å². The average Bonchev–Trinajstić information content (AvgIpc) is 2.79. The summed E-state index contributed by atoms with van der Waals surface area (Å²) in [5, 5.41) is 8.29. The van der Waals surface area contributed by atoms with Crippen molar-refractivity contribution in [1.29, 1.82) is 0 Å². The van der Waals surface area contributed by atoms with Crippen LogP contribution in [0.5, 0.6) is 0 Å². The van der Waals surface area contributed by atoms with Gasteiger partial charge in [-0.05, 0) is 25.7 Å². The number of nitrogens with zero attached hydrogens (tertiary/aromatic N) is 3. The van der Waals surface area contributed by atoms with Crippen LogP contribution in [0.25, 0.3) is 0 Å². The number of rotatable bonds is 10. The first-order valence-electron chi connectivity index (χ1n) is 6.39. The van der Waals surface area contributed by atoms with Crippen molar-refractivity contribution in [2.24, 2.45) is 0 Å². The normalized spacial score (nSPS) is 10.9. The molecule has 5 heteroatoms. The Morgan fingerprint density at radius 3 is 2.94 bits per heavy atom. The van der Waals surface area contributed by atoms with E-state index in [1.807, 2.05) is 4.68 Å². The van der Waals surface area contributed by atoms with Crippen LogP contribution >= 0.6 is 22.6 Å². The van der Waals surface area contributed by atoms with Crippen LogP contribution in [-0.4, -0.2) is 32.6 Å². The monoisotopic (exact) mass is 351 g/mol. The van der Waals surface area contributed by atoms with Gasteiger partial charge in [-0.2, -0.15) is 0 Å². The molecule has 1 heterocycles. The molecule has 0 amide bonds. The summed E-state index contributed by atoms with van der Waals surface area (Å²) in [4.78, 5) is 0. The molecule has 0 aliphatic carbocycles. The van der Waals surface area contributed by atoms with Gasteiger partial charge in [0.1, 0.15) is 0 Å². The summed E-state index contributed by atoms with van der Waals surface area (Å²) < 4.78 is 8.45. The van der Waals surface area contributed by atoms with Crippen LogP contribution in [0.15, 0.2) is 6.20 Å². The fraction of sp³-hybridized carbons (Fsp3) is 0.833. The van der Waals surface area contributed by atoms with Crippen LogP contribution in [0.2, 0.25) is 0 Å². The van der Waals surface area contributed by atoms with Gasteiger partial charge in [0, 0.05) is 23.8 Å². The van der Waals surface area contributed by atoms with Crippen LogP contribution in [-0.2, 0) is 17.7 Å². The van der Waals surface area contributed by atoms with Crippen molar-refractivity contribution in [2.45, 2.75) is 45.6 Å². The predicted octanol–water partition coefficient (Wildman–Crippen LogP) is 2.85. The molecular weight excluding hydrogens is 329 g/mol. The third-order valence-electron chi connectivity index (χ3n) is 2.52. The molecule has 0 unspecified atom stereocenters. The number of halogens is 1. The van der Waals surface area contributed by atoms with Crippen LogP contribution in [0.3, 0.4) is 0 Å². The molecule has 0 atom stereocenters. The zero-order valence-corrected chi connectivity index (χ0v) is 12.7. The Bertz CT molecular complexity index is 291. The highest BCUT2D eigenvalue weighted by molar-refractivity contribution is 14.1. The lowest BCUT2D eigenvalue weighted by atomic mass is 10.2. The highest BCUT2D eigenvalue weighted by Crippen LogP contribution is 2.02. The molecular formula is C12H22IN3O. The molecule has 4 nitrogen and oxygen atoms in total. The summed E-state index contributed by atoms with van der Waals surface area (Å²) >= 11 is 2.32. The van der Waals surface area contributed by atoms with E-state index in [2.05, 4.69) is 46.0 Å². The standard InChI is InChI=1S/C12H22IN3O/c1-2-3-6-12-11-16(15-14-12)8-4-5-9-17-10-7-13/h11H,2-10H2,1H3. The van der Waals surface area contributed by atoms with Crippen LogP contribution in [0, 0.1) is 0 Å². The fourth-order valence-electron chi connectivity index (χ4n) is 1.55. The van der Waals surface area contributed by atoms with Gasteiger partial charge in [0.2, 0.25) is 0 Å². The van der Waals surface area contributed by atoms with Crippen molar-refractivity contribution in [3.63, 3.8) is 0 Å². The van der Waals surface area contributed by atoms with E-state index in [1.54, 1.807) is 0 Å². The van der Waals surface area contributed by atoms with Gasteiger partial charge in [0.05, 0.1) is 12.3 Å². The minimum absolute atomic E-state index is 0.861. The number of hydrogen-bond acceptors (Lipinski definition) is 3. The second-order valence-electron chi connectivity index (χ2n) is 4.08. The summed E-state index contributed by atoms with van der Waals surface area (Å²) in [5.74, 6) is 0. The fourth-order valence-corrected chi connectivity index (χ4v) is 1.87. The molecule has 0 bridgehead atoms. The van der Waals surface area contributed by atoms with Gasteiger partial charge in [0.25, 0.3) is 0 Å². The zero-order valence-electron chi connectivity index (χ0n) is 10.6. The molecule has 1 rings (SSSR count). The van der Waals surface area contributed by atoms with Crippen molar-refractivity contribution < 1.29 is 4.74 Å². The maximum absolute atomic E-state index is 5.43. The molecule has 17 heavy (non-hydrogen) atoms. The molecule has 0 N–H and O–H groups in total. The Kier molecular flexibility index (Phi) is 8.60. The molecule has 0 aliphatic heterocycles. The Balaban J connectivity index is 2.08. The van der Waals surface area contributed by atoms with Gasteiger partial charge >= 0.3 is 0 Å². The Labute approximate surface area is 117 Å². The lowest BCUT2D eigenvalue weighted by Gasteiger charge is -2.02. The van der Waals surface area contributed by atoms with E-state index in [-0.39, 0.29) is 0 Å². The lowest BCUT2D eigenvalue weighted by molar-refractivity contribution is 0.146. The van der Waals surface area contributed by atoms with Gasteiger partial charge in [0.15, 0.2) is 0 Å². The van der Waals surface area contributed by atoms with Gasteiger partial charge in [-0.25, -0.2) is 0 Å². The molecule has 1 aromatic rings. The lowest BCUT2D eigenvalue weighted by Crippen LogP contribution is -2.02. The summed E-state index contributed by atoms with van der Waals surface area (Å²) in [6.07, 6.45) is 7.74. The number of alkyl halides is 1. The number of ether oxygens (including phenoxy) is 1. The molecule has 98 valence electrons. The summed E-state index contributed by atoms with van der Waals surface area (Å²) in [6.45, 7) is 4.87. The Hall–Kier alpha value is -0.170. The van der Waals surface area contributed by atoms with Gasteiger partial charge in [-0.15, -0.1) is 5.10 Å². The van der Waals surface area contributed by atoms with Crippen molar-refractivity contribution in [3.8, 4) is 0 Å². The second-order valence-corrected chi connectivity index (χ2v) is 5.16. The maximum atomic E-state index is 5.43. The molecule has 1 aromatic heterocycles. The van der Waals surface area contributed by atoms with Gasteiger partial charge in [-0.1, -0.05) is 41.1 Å². The van der Waals surface area contributed by atoms with Crippen molar-refractivity contribution in [2.75, 3.05) is 17.6 Å². The van der Waals surface area contributed by atoms with Crippen LogP contribution in [0.4, 0.5) is 0 Å². The Morgan fingerprint density at radius 1 is 1.29 bits per heavy atom. The maximum Gasteiger partial charge on any atom is 0.0827 e. The third-order valence-corrected chi connectivity index (χ3v) is 2.96. The molecule has 0 saturated carbocycles. The average molecular weight is 351 g/mol. The van der Waals surface area contributed by atoms with E-state index < -0.39 is 0 Å². The van der Waals surface area contributed by atoms with Crippen molar-refractivity contribution in [3.05, 3.63) is 11.9 Å². The van der Waals surface area contributed by atoms with Crippen LogP contribution < -0.4 is 0 Å². The quantitative estimate of drug-likeness (QED) is 0.370. The van der Waals surface area contributed by atoms with E-state index in [1.165, 1.54) is 12.8 Å². The number of unbranched alkanes of at least 4 members (excludes halogenated alkanes) is 2. The molecule has 0 aliphatic rings. The second kappa shape index (κ2) is 9.82. The van der Waals surface area contributed by atoms with Crippen molar-refractivity contribution >= 4 is 22.6 Å². The smallest absolute Gasteiger partial charge is 0.0827 e. The number of aromatic nitrogens is 3. The Morgan fingerprint density at radius 2 is 2.18 bits per heavy atom. The van der Waals surface area contributed by atoms with Gasteiger partial charge in [-0.3, -0.25) is 4.68 Å². The summed E-state index contributed by atoms with van der Waals surface area (Å²) in [5.41, 5.74) is 1.12. The SMILES string of the molecule is CCCCc1cn(CCCCOCCI)nn1. The van der Waals surface area contributed by atoms with E-state index in [0.29, 0.717) is 0 Å². The molecule has 0 radical (unpaired) electrons. The molecule has 0 fully saturated rings. The number of aryl methyl sites for hydroxylation is 2. The van der Waals surface area contributed by atoms with E-state index in [9.17, 15) is 0 Å². The highest BCUT2D eigenvalue weighted by Gasteiger charge is 1.99. The molecule has 0 aromatic carbocycles. The topological polar surface area (TPSA) is 39.9 Å². The first-order chi connectivity index (χ1) is 8.36. The van der Waals surface area contributed by atoms with Gasteiger partial charge < -0.3 is 4.74 Å². The minimum atomic E-state index is 0.861. The first-order valence-corrected chi connectivity index (χ1v) is 7.92. The van der Waals surface area contributed by atoms with Crippen molar-refractivity contribution in [1.82, 2.24) is 15.0 Å². The van der Waals surface area contributed by atoms with Crippen LogP contribution in [0.1, 0.15) is 38.3 Å². The van der Waals surface area contributed by atoms with E-state index in [4.69, 9.17) is 4.74 Å².